The van der Waals surface area contributed by atoms with Crippen LogP contribution in [0.15, 0.2) is 0 Å². The minimum atomic E-state index is 0.889. The SMILES string of the molecule is CCC1CC(C(C)C)C1CC(C)C. The molecule has 3 atom stereocenters. The van der Waals surface area contributed by atoms with Crippen LogP contribution in [0.3, 0.4) is 0 Å². The van der Waals surface area contributed by atoms with Gasteiger partial charge in [0.15, 0.2) is 0 Å². The second-order valence-corrected chi connectivity index (χ2v) is 5.61. The summed E-state index contributed by atoms with van der Waals surface area (Å²) >= 11 is 0. The molecule has 78 valence electrons. The normalized spacial score (nSPS) is 33.9. The molecule has 0 heteroatoms. The molecular weight excluding hydrogens is 156 g/mol. The van der Waals surface area contributed by atoms with Crippen molar-refractivity contribution in [1.82, 2.24) is 0 Å². The van der Waals surface area contributed by atoms with Crippen molar-refractivity contribution in [1.29, 1.82) is 0 Å². The lowest BCUT2D eigenvalue weighted by Crippen LogP contribution is -2.40. The van der Waals surface area contributed by atoms with Gasteiger partial charge < -0.3 is 0 Å². The van der Waals surface area contributed by atoms with E-state index in [9.17, 15) is 0 Å². The molecule has 0 heterocycles. The van der Waals surface area contributed by atoms with Crippen molar-refractivity contribution in [2.45, 2.75) is 53.9 Å². The van der Waals surface area contributed by atoms with Crippen LogP contribution in [-0.2, 0) is 0 Å². The zero-order valence-corrected chi connectivity index (χ0v) is 10.0. The second kappa shape index (κ2) is 4.48. The fraction of sp³-hybridized carbons (Fsp3) is 1.00. The van der Waals surface area contributed by atoms with Crippen molar-refractivity contribution in [3.63, 3.8) is 0 Å². The standard InChI is InChI=1S/C13H26/c1-6-11-8-12(10(4)5)13(11)7-9(2)3/h9-13H,6-8H2,1-5H3. The first-order chi connectivity index (χ1) is 6.06. The molecule has 0 aromatic rings. The zero-order valence-electron chi connectivity index (χ0n) is 10.0. The minimum absolute atomic E-state index is 0.889. The number of hydrogen-bond acceptors (Lipinski definition) is 0. The maximum atomic E-state index is 2.39. The maximum absolute atomic E-state index is 2.39. The fourth-order valence-corrected chi connectivity index (χ4v) is 3.00. The third-order valence-electron chi connectivity index (χ3n) is 3.85. The quantitative estimate of drug-likeness (QED) is 0.606. The Morgan fingerprint density at radius 1 is 1.15 bits per heavy atom. The molecule has 1 saturated carbocycles. The van der Waals surface area contributed by atoms with Crippen molar-refractivity contribution in [2.75, 3.05) is 0 Å². The molecule has 0 bridgehead atoms. The highest BCUT2D eigenvalue weighted by Gasteiger charge is 2.40. The summed E-state index contributed by atoms with van der Waals surface area (Å²) in [5.74, 6) is 4.93. The van der Waals surface area contributed by atoms with E-state index >= 15 is 0 Å². The summed E-state index contributed by atoms with van der Waals surface area (Å²) in [6.45, 7) is 11.9. The molecule has 0 spiro atoms. The summed E-state index contributed by atoms with van der Waals surface area (Å²) in [5, 5.41) is 0. The smallest absolute Gasteiger partial charge is 0.0352 e. The highest BCUT2D eigenvalue weighted by molar-refractivity contribution is 4.90. The van der Waals surface area contributed by atoms with Gasteiger partial charge in [-0.15, -0.1) is 0 Å². The van der Waals surface area contributed by atoms with Crippen LogP contribution in [0, 0.1) is 29.6 Å². The largest absolute Gasteiger partial charge is 0.0651 e. The van der Waals surface area contributed by atoms with E-state index in [-0.39, 0.29) is 0 Å². The minimum Gasteiger partial charge on any atom is -0.0651 e. The van der Waals surface area contributed by atoms with Crippen LogP contribution in [0.25, 0.3) is 0 Å². The predicted molar refractivity (Wildman–Crippen MR) is 59.7 cm³/mol. The van der Waals surface area contributed by atoms with Crippen LogP contribution in [0.5, 0.6) is 0 Å². The predicted octanol–water partition coefficient (Wildman–Crippen LogP) is 4.35. The highest BCUT2D eigenvalue weighted by Crippen LogP contribution is 2.49. The third kappa shape index (κ3) is 2.48. The Labute approximate surface area is 84.1 Å². The Balaban J connectivity index is 2.44. The number of rotatable bonds is 4. The van der Waals surface area contributed by atoms with Gasteiger partial charge >= 0.3 is 0 Å². The molecule has 0 amide bonds. The van der Waals surface area contributed by atoms with Crippen LogP contribution in [0.2, 0.25) is 0 Å². The van der Waals surface area contributed by atoms with Gasteiger partial charge in [0, 0.05) is 0 Å². The van der Waals surface area contributed by atoms with Crippen molar-refractivity contribution >= 4 is 0 Å². The van der Waals surface area contributed by atoms with Gasteiger partial charge in [-0.3, -0.25) is 0 Å². The highest BCUT2D eigenvalue weighted by atomic mass is 14.5. The summed E-state index contributed by atoms with van der Waals surface area (Å²) in [4.78, 5) is 0. The van der Waals surface area contributed by atoms with Crippen LogP contribution < -0.4 is 0 Å². The van der Waals surface area contributed by atoms with Gasteiger partial charge in [-0.25, -0.2) is 0 Å². The fourth-order valence-electron chi connectivity index (χ4n) is 3.00. The van der Waals surface area contributed by atoms with Gasteiger partial charge in [0.05, 0.1) is 0 Å². The summed E-state index contributed by atoms with van der Waals surface area (Å²) in [5.41, 5.74) is 0. The van der Waals surface area contributed by atoms with Gasteiger partial charge in [0.2, 0.25) is 0 Å². The van der Waals surface area contributed by atoms with Gasteiger partial charge in [-0.2, -0.15) is 0 Å². The maximum Gasteiger partial charge on any atom is -0.0352 e. The Morgan fingerprint density at radius 2 is 1.77 bits per heavy atom. The van der Waals surface area contributed by atoms with Gasteiger partial charge in [-0.05, 0) is 42.4 Å². The van der Waals surface area contributed by atoms with E-state index in [1.54, 1.807) is 0 Å². The molecule has 0 aliphatic heterocycles. The lowest BCUT2D eigenvalue weighted by molar-refractivity contribution is 0.0164. The van der Waals surface area contributed by atoms with Crippen LogP contribution in [-0.4, -0.2) is 0 Å². The second-order valence-electron chi connectivity index (χ2n) is 5.61. The van der Waals surface area contributed by atoms with E-state index in [0.29, 0.717) is 0 Å². The van der Waals surface area contributed by atoms with Gasteiger partial charge in [-0.1, -0.05) is 41.0 Å². The Hall–Kier alpha value is 0. The Bertz CT molecular complexity index is 146. The molecular formula is C13H26. The molecule has 0 nitrogen and oxygen atoms in total. The van der Waals surface area contributed by atoms with Gasteiger partial charge in [0.25, 0.3) is 0 Å². The molecule has 0 aromatic heterocycles. The van der Waals surface area contributed by atoms with Crippen LogP contribution >= 0.6 is 0 Å². The van der Waals surface area contributed by atoms with Crippen LogP contribution in [0.1, 0.15) is 53.9 Å². The molecule has 0 saturated heterocycles. The molecule has 1 fully saturated rings. The number of hydrogen-bond donors (Lipinski definition) is 0. The molecule has 13 heavy (non-hydrogen) atoms. The average molecular weight is 182 g/mol. The molecule has 1 rings (SSSR count). The van der Waals surface area contributed by atoms with Crippen molar-refractivity contribution < 1.29 is 0 Å². The van der Waals surface area contributed by atoms with Crippen LogP contribution in [0.4, 0.5) is 0 Å². The topological polar surface area (TPSA) is 0 Å². The molecule has 1 aliphatic rings. The van der Waals surface area contributed by atoms with E-state index in [4.69, 9.17) is 0 Å². The van der Waals surface area contributed by atoms with E-state index in [1.807, 2.05) is 0 Å². The monoisotopic (exact) mass is 182 g/mol. The summed E-state index contributed by atoms with van der Waals surface area (Å²) in [6, 6.07) is 0. The first-order valence-corrected chi connectivity index (χ1v) is 6.06. The Kier molecular flexibility index (Phi) is 3.82. The first-order valence-electron chi connectivity index (χ1n) is 6.06. The molecule has 3 unspecified atom stereocenters. The zero-order chi connectivity index (χ0) is 10.0. The van der Waals surface area contributed by atoms with Crippen molar-refractivity contribution in [3.05, 3.63) is 0 Å². The lowest BCUT2D eigenvalue weighted by Gasteiger charge is -2.48. The Morgan fingerprint density at radius 3 is 2.15 bits per heavy atom. The van der Waals surface area contributed by atoms with E-state index in [1.165, 1.54) is 19.3 Å². The van der Waals surface area contributed by atoms with E-state index in [2.05, 4.69) is 34.6 Å². The molecule has 0 aromatic carbocycles. The molecule has 0 radical (unpaired) electrons. The van der Waals surface area contributed by atoms with E-state index in [0.717, 1.165) is 29.6 Å². The third-order valence-corrected chi connectivity index (χ3v) is 3.85. The summed E-state index contributed by atoms with van der Waals surface area (Å²) in [7, 11) is 0. The van der Waals surface area contributed by atoms with Gasteiger partial charge in [0.1, 0.15) is 0 Å². The van der Waals surface area contributed by atoms with Crippen molar-refractivity contribution in [2.24, 2.45) is 29.6 Å². The summed E-state index contributed by atoms with van der Waals surface area (Å²) in [6.07, 6.45) is 4.37. The molecule has 1 aliphatic carbocycles. The van der Waals surface area contributed by atoms with Crippen molar-refractivity contribution in [3.8, 4) is 0 Å². The average Bonchev–Trinajstić information content (AvgIpc) is 1.98. The lowest BCUT2D eigenvalue weighted by atomic mass is 9.57. The summed E-state index contributed by atoms with van der Waals surface area (Å²) < 4.78 is 0. The molecule has 0 N–H and O–H groups in total. The van der Waals surface area contributed by atoms with E-state index < -0.39 is 0 Å². The first kappa shape index (κ1) is 11.1.